The van der Waals surface area contributed by atoms with Crippen molar-refractivity contribution in [2.45, 2.75) is 78.0 Å². The Labute approximate surface area is 247 Å². The quantitative estimate of drug-likeness (QED) is 0.274. The number of carbonyl (C=O) groups is 4. The smallest absolute Gasteiger partial charge is 0.303 e. The molecule has 222 valence electrons. The Bertz CT molecular complexity index is 1260. The van der Waals surface area contributed by atoms with Crippen molar-refractivity contribution < 1.29 is 47.6 Å². The maximum Gasteiger partial charge on any atom is 0.303 e. The molecule has 5 atom stereocenters. The lowest BCUT2D eigenvalue weighted by Crippen LogP contribution is -2.59. The lowest BCUT2D eigenvalue weighted by molar-refractivity contribution is -0.254. The molecule has 0 amide bonds. The third kappa shape index (κ3) is 8.53. The van der Waals surface area contributed by atoms with Crippen molar-refractivity contribution in [3.05, 3.63) is 63.1 Å². The Morgan fingerprint density at radius 3 is 1.90 bits per heavy atom. The van der Waals surface area contributed by atoms with Crippen LogP contribution in [0.1, 0.15) is 63.0 Å². The van der Waals surface area contributed by atoms with Crippen LogP contribution < -0.4 is 4.74 Å². The molecular weight excluding hydrogens is 600 g/mol. The second-order valence-electron chi connectivity index (χ2n) is 9.65. The van der Waals surface area contributed by atoms with Gasteiger partial charge in [0.1, 0.15) is 24.6 Å². The number of hydrogen-bond acceptors (Lipinski definition) is 10. The molecule has 1 fully saturated rings. The van der Waals surface area contributed by atoms with E-state index in [-0.39, 0.29) is 6.61 Å². The van der Waals surface area contributed by atoms with Crippen molar-refractivity contribution in [2.75, 3.05) is 13.7 Å². The number of carbonyl (C=O) groups excluding carboxylic acids is 4. The fraction of sp³-hybridized carbons (Fsp3) is 0.467. The second kappa shape index (κ2) is 14.5. The minimum Gasteiger partial charge on any atom is -0.496 e. The van der Waals surface area contributed by atoms with Gasteiger partial charge in [-0.1, -0.05) is 47.1 Å². The van der Waals surface area contributed by atoms with E-state index >= 15 is 0 Å². The largest absolute Gasteiger partial charge is 0.496 e. The first-order valence-electron chi connectivity index (χ1n) is 13.2. The summed E-state index contributed by atoms with van der Waals surface area (Å²) < 4.78 is 34.8. The highest BCUT2D eigenvalue weighted by Gasteiger charge is 2.53. The first-order valence-corrected chi connectivity index (χ1v) is 14.0. The fourth-order valence-corrected chi connectivity index (χ4v) is 5.21. The van der Waals surface area contributed by atoms with Gasteiger partial charge >= 0.3 is 23.9 Å². The zero-order valence-electron chi connectivity index (χ0n) is 23.9. The standard InChI is InChI=1S/C30H35BrO10/c1-7-20-8-10-21(11-9-20)12-22-13-23(25(36-6)14-24(22)31)27-29(39-18(4)34)30(40-19(5)35)28(38-17(3)33)26(41-27)15-37-16(2)32/h8-11,13-14,26-30H,7,12,15H2,1-6H3/t26?,27-,28+,29-,30-/m0/s1. The van der Waals surface area contributed by atoms with Crippen LogP contribution in [-0.2, 0) is 55.7 Å². The van der Waals surface area contributed by atoms with Crippen LogP contribution in [0.15, 0.2) is 40.9 Å². The van der Waals surface area contributed by atoms with Gasteiger partial charge in [-0.25, -0.2) is 0 Å². The maximum atomic E-state index is 12.3. The minimum atomic E-state index is -1.28. The predicted octanol–water partition coefficient (Wildman–Crippen LogP) is 4.41. The van der Waals surface area contributed by atoms with Gasteiger partial charge in [0.2, 0.25) is 0 Å². The Kier molecular flexibility index (Phi) is 11.3. The molecule has 0 spiro atoms. The van der Waals surface area contributed by atoms with Crippen molar-refractivity contribution in [3.8, 4) is 5.75 Å². The molecule has 0 N–H and O–H groups in total. The number of halogens is 1. The molecule has 0 aromatic heterocycles. The summed E-state index contributed by atoms with van der Waals surface area (Å²) in [5, 5.41) is 0. The third-order valence-electron chi connectivity index (χ3n) is 6.52. The zero-order valence-corrected chi connectivity index (χ0v) is 25.5. The lowest BCUT2D eigenvalue weighted by Gasteiger charge is -2.44. The van der Waals surface area contributed by atoms with Gasteiger partial charge in [0.25, 0.3) is 0 Å². The number of esters is 4. The monoisotopic (exact) mass is 634 g/mol. The van der Waals surface area contributed by atoms with Gasteiger partial charge < -0.3 is 28.4 Å². The van der Waals surface area contributed by atoms with Crippen LogP contribution in [-0.4, -0.2) is 62.0 Å². The summed E-state index contributed by atoms with van der Waals surface area (Å²) in [4.78, 5) is 48.2. The number of methoxy groups -OCH3 is 1. The van der Waals surface area contributed by atoms with E-state index in [4.69, 9.17) is 28.4 Å². The van der Waals surface area contributed by atoms with Crippen LogP contribution in [0.4, 0.5) is 0 Å². The summed E-state index contributed by atoms with van der Waals surface area (Å²) in [6.45, 7) is 6.57. The van der Waals surface area contributed by atoms with Gasteiger partial charge in [0.15, 0.2) is 18.3 Å². The van der Waals surface area contributed by atoms with E-state index in [2.05, 4.69) is 47.1 Å². The highest BCUT2D eigenvalue weighted by molar-refractivity contribution is 9.10. The Morgan fingerprint density at radius 2 is 1.37 bits per heavy atom. The molecular formula is C30H35BrO10. The second-order valence-corrected chi connectivity index (χ2v) is 10.5. The van der Waals surface area contributed by atoms with Gasteiger partial charge in [-0.05, 0) is 41.7 Å². The molecule has 0 bridgehead atoms. The lowest BCUT2D eigenvalue weighted by atomic mass is 9.88. The van der Waals surface area contributed by atoms with E-state index in [1.807, 2.05) is 6.07 Å². The summed E-state index contributed by atoms with van der Waals surface area (Å²) in [6, 6.07) is 11.9. The van der Waals surface area contributed by atoms with Gasteiger partial charge in [-0.2, -0.15) is 0 Å². The number of rotatable bonds is 10. The van der Waals surface area contributed by atoms with E-state index in [1.165, 1.54) is 40.4 Å². The van der Waals surface area contributed by atoms with Crippen molar-refractivity contribution >= 4 is 39.8 Å². The van der Waals surface area contributed by atoms with Crippen molar-refractivity contribution in [1.82, 2.24) is 0 Å². The zero-order chi connectivity index (χ0) is 30.3. The molecule has 2 aromatic rings. The van der Waals surface area contributed by atoms with Gasteiger partial charge in [-0.3, -0.25) is 19.2 Å². The van der Waals surface area contributed by atoms with Gasteiger partial charge in [0.05, 0.1) is 7.11 Å². The Hall–Kier alpha value is -3.44. The summed E-state index contributed by atoms with van der Waals surface area (Å²) in [7, 11) is 1.49. The number of aryl methyl sites for hydroxylation is 1. The number of benzene rings is 2. The molecule has 1 heterocycles. The van der Waals surface area contributed by atoms with Crippen molar-refractivity contribution in [1.29, 1.82) is 0 Å². The maximum absolute atomic E-state index is 12.3. The molecule has 41 heavy (non-hydrogen) atoms. The predicted molar refractivity (Wildman–Crippen MR) is 150 cm³/mol. The number of ether oxygens (including phenoxy) is 6. The first-order chi connectivity index (χ1) is 19.4. The molecule has 1 aliphatic heterocycles. The Balaban J connectivity index is 2.14. The molecule has 11 heteroatoms. The molecule has 0 radical (unpaired) electrons. The SMILES string of the molecule is CCc1ccc(Cc2cc([C@@H]3OC(COC(C)=O)[C@@H](OC(C)=O)[C@H](OC(C)=O)[C@H]3OC(C)=O)c(OC)cc2Br)cc1. The summed E-state index contributed by atoms with van der Waals surface area (Å²) in [5.74, 6) is -2.25. The molecule has 1 aliphatic rings. The molecule has 3 rings (SSSR count). The molecule has 1 saturated heterocycles. The average Bonchev–Trinajstić information content (AvgIpc) is 2.90. The molecule has 0 saturated carbocycles. The van der Waals surface area contributed by atoms with Crippen LogP contribution in [0.25, 0.3) is 0 Å². The van der Waals surface area contributed by atoms with Crippen molar-refractivity contribution in [2.24, 2.45) is 0 Å². The van der Waals surface area contributed by atoms with E-state index in [0.29, 0.717) is 17.7 Å². The highest BCUT2D eigenvalue weighted by Crippen LogP contribution is 2.43. The van der Waals surface area contributed by atoms with E-state index < -0.39 is 54.4 Å². The normalized spacial score (nSPS) is 21.9. The number of hydrogen-bond donors (Lipinski definition) is 0. The summed E-state index contributed by atoms with van der Waals surface area (Å²) >= 11 is 3.63. The summed E-state index contributed by atoms with van der Waals surface area (Å²) in [6.07, 6.45) is -4.39. The minimum absolute atomic E-state index is 0.316. The first kappa shape index (κ1) is 32.1. The molecule has 10 nitrogen and oxygen atoms in total. The van der Waals surface area contributed by atoms with E-state index in [0.717, 1.165) is 22.0 Å². The third-order valence-corrected chi connectivity index (χ3v) is 7.26. The van der Waals surface area contributed by atoms with Crippen LogP contribution in [0.2, 0.25) is 0 Å². The summed E-state index contributed by atoms with van der Waals surface area (Å²) in [5.41, 5.74) is 3.67. The fourth-order valence-electron chi connectivity index (χ4n) is 4.74. The Morgan fingerprint density at radius 1 is 0.805 bits per heavy atom. The van der Waals surface area contributed by atoms with Crippen molar-refractivity contribution in [3.63, 3.8) is 0 Å². The van der Waals surface area contributed by atoms with Crippen LogP contribution in [0, 0.1) is 0 Å². The van der Waals surface area contributed by atoms with Gasteiger partial charge in [-0.15, -0.1) is 0 Å². The van der Waals surface area contributed by atoms with Crippen LogP contribution in [0.3, 0.4) is 0 Å². The molecule has 1 unspecified atom stereocenters. The van der Waals surface area contributed by atoms with Crippen LogP contribution >= 0.6 is 15.9 Å². The van der Waals surface area contributed by atoms with E-state index in [1.54, 1.807) is 6.07 Å². The average molecular weight is 636 g/mol. The molecule has 0 aliphatic carbocycles. The topological polar surface area (TPSA) is 124 Å². The molecule has 2 aromatic carbocycles. The van der Waals surface area contributed by atoms with Gasteiger partial charge in [0, 0.05) is 37.7 Å². The highest BCUT2D eigenvalue weighted by atomic mass is 79.9. The van der Waals surface area contributed by atoms with E-state index in [9.17, 15) is 19.2 Å². The van der Waals surface area contributed by atoms with Crippen LogP contribution in [0.5, 0.6) is 5.75 Å².